The number of halogens is 3. The van der Waals surface area contributed by atoms with Crippen LogP contribution in [0.5, 0.6) is 0 Å². The van der Waals surface area contributed by atoms with Crippen molar-refractivity contribution in [1.82, 2.24) is 9.55 Å². The van der Waals surface area contributed by atoms with Crippen LogP contribution in [0.25, 0.3) is 5.69 Å². The van der Waals surface area contributed by atoms with E-state index >= 15 is 0 Å². The van der Waals surface area contributed by atoms with Crippen LogP contribution in [0, 0.1) is 23.0 Å². The number of aromatic amines is 1. The zero-order valence-electron chi connectivity index (χ0n) is 9.08. The molecule has 0 amide bonds. The van der Waals surface area contributed by atoms with Crippen LogP contribution in [-0.4, -0.2) is 9.55 Å². The molecule has 1 aromatic carbocycles. The van der Waals surface area contributed by atoms with Crippen molar-refractivity contribution in [3.8, 4) is 11.8 Å². The van der Waals surface area contributed by atoms with E-state index in [1.165, 1.54) is 0 Å². The van der Waals surface area contributed by atoms with Gasteiger partial charge in [-0.2, -0.15) is 9.65 Å². The third-order valence-electron chi connectivity index (χ3n) is 2.32. The molecule has 0 atom stereocenters. The molecule has 0 bridgehead atoms. The summed E-state index contributed by atoms with van der Waals surface area (Å²) in [5.41, 5.74) is -2.86. The molecule has 2 rings (SSSR count). The normalized spacial score (nSPS) is 10.2. The summed E-state index contributed by atoms with van der Waals surface area (Å²) in [5, 5.41) is 8.12. The van der Waals surface area contributed by atoms with E-state index in [2.05, 4.69) is 0 Å². The van der Waals surface area contributed by atoms with Crippen LogP contribution in [0.15, 0.2) is 27.8 Å². The Labute approximate surface area is 109 Å². The molecule has 0 aliphatic carbocycles. The molecule has 8 heteroatoms. The quantitative estimate of drug-likeness (QED) is 0.802. The zero-order chi connectivity index (χ0) is 14.2. The summed E-state index contributed by atoms with van der Waals surface area (Å²) < 4.78 is 26.7. The summed E-state index contributed by atoms with van der Waals surface area (Å²) in [7, 11) is 0. The van der Waals surface area contributed by atoms with E-state index in [-0.39, 0.29) is 11.3 Å². The minimum absolute atomic E-state index is 0.231. The van der Waals surface area contributed by atoms with Crippen LogP contribution in [0.4, 0.5) is 8.78 Å². The Morgan fingerprint density at radius 3 is 2.63 bits per heavy atom. The van der Waals surface area contributed by atoms with Gasteiger partial charge in [0.05, 0.1) is 11.3 Å². The van der Waals surface area contributed by atoms with Crippen molar-refractivity contribution in [3.63, 3.8) is 0 Å². The molecule has 0 aliphatic heterocycles. The fourth-order valence-electron chi connectivity index (χ4n) is 1.50. The Hall–Kier alpha value is -2.46. The molecular formula is C11H4ClF2N3O2. The Morgan fingerprint density at radius 1 is 1.32 bits per heavy atom. The van der Waals surface area contributed by atoms with E-state index in [1.807, 2.05) is 4.98 Å². The Morgan fingerprint density at radius 2 is 2.00 bits per heavy atom. The second-order valence-corrected chi connectivity index (χ2v) is 3.85. The third kappa shape index (κ3) is 2.13. The molecule has 1 aromatic heterocycles. The van der Waals surface area contributed by atoms with Crippen molar-refractivity contribution >= 4 is 11.6 Å². The molecular weight excluding hydrogens is 280 g/mol. The van der Waals surface area contributed by atoms with Crippen LogP contribution in [-0.2, 0) is 0 Å². The number of rotatable bonds is 1. The molecule has 1 heterocycles. The van der Waals surface area contributed by atoms with Gasteiger partial charge in [-0.05, 0) is 18.2 Å². The molecule has 0 aliphatic rings. The lowest BCUT2D eigenvalue weighted by molar-refractivity contribution is 0.583. The summed E-state index contributed by atoms with van der Waals surface area (Å²) in [6.45, 7) is 0. The van der Waals surface area contributed by atoms with Crippen molar-refractivity contribution in [2.75, 3.05) is 0 Å². The molecule has 96 valence electrons. The first-order valence-electron chi connectivity index (χ1n) is 4.86. The van der Waals surface area contributed by atoms with Crippen LogP contribution < -0.4 is 11.2 Å². The predicted molar refractivity (Wildman–Crippen MR) is 62.3 cm³/mol. The van der Waals surface area contributed by atoms with E-state index in [0.717, 1.165) is 18.2 Å². The molecule has 0 unspecified atom stereocenters. The van der Waals surface area contributed by atoms with Gasteiger partial charge < -0.3 is 0 Å². The number of H-pyrrole nitrogens is 1. The Bertz CT molecular complexity index is 820. The molecule has 5 nitrogen and oxygen atoms in total. The van der Waals surface area contributed by atoms with E-state index in [9.17, 15) is 18.4 Å². The molecule has 0 saturated heterocycles. The molecule has 0 fully saturated rings. The van der Waals surface area contributed by atoms with Gasteiger partial charge in [-0.1, -0.05) is 11.6 Å². The highest BCUT2D eigenvalue weighted by molar-refractivity contribution is 6.29. The smallest absolute Gasteiger partial charge is 0.295 e. The predicted octanol–water partition coefficient (Wildman–Crippen LogP) is 1.33. The van der Waals surface area contributed by atoms with E-state index < -0.39 is 28.0 Å². The highest BCUT2D eigenvalue weighted by Gasteiger charge is 2.16. The van der Waals surface area contributed by atoms with Gasteiger partial charge in [-0.15, -0.1) is 0 Å². The first-order chi connectivity index (χ1) is 8.95. The summed E-state index contributed by atoms with van der Waals surface area (Å²) in [4.78, 5) is 25.2. The van der Waals surface area contributed by atoms with Gasteiger partial charge in [-0.3, -0.25) is 9.78 Å². The van der Waals surface area contributed by atoms with Gasteiger partial charge in [0, 0.05) is 0 Å². The first kappa shape index (κ1) is 13.0. The lowest BCUT2D eigenvalue weighted by Gasteiger charge is -2.07. The number of nitriles is 1. The lowest BCUT2D eigenvalue weighted by Crippen LogP contribution is -2.36. The van der Waals surface area contributed by atoms with E-state index in [4.69, 9.17) is 16.9 Å². The van der Waals surface area contributed by atoms with E-state index in [1.54, 1.807) is 6.07 Å². The van der Waals surface area contributed by atoms with Crippen molar-refractivity contribution in [2.24, 2.45) is 0 Å². The van der Waals surface area contributed by atoms with Crippen LogP contribution in [0.2, 0.25) is 5.15 Å². The fraction of sp³-hybridized carbons (Fsp3) is 0. The maximum Gasteiger partial charge on any atom is 0.334 e. The van der Waals surface area contributed by atoms with E-state index in [0.29, 0.717) is 4.57 Å². The number of nitrogens with zero attached hydrogens (tertiary/aromatic N) is 2. The number of nitrogens with one attached hydrogen (secondary N) is 1. The molecule has 0 saturated carbocycles. The minimum atomic E-state index is -1.37. The average molecular weight is 284 g/mol. The van der Waals surface area contributed by atoms with Gasteiger partial charge in [0.25, 0.3) is 5.56 Å². The van der Waals surface area contributed by atoms with Gasteiger partial charge >= 0.3 is 5.69 Å². The lowest BCUT2D eigenvalue weighted by atomic mass is 10.2. The Balaban J connectivity index is 2.89. The molecule has 2 aromatic rings. The van der Waals surface area contributed by atoms with Crippen molar-refractivity contribution in [2.45, 2.75) is 0 Å². The molecule has 19 heavy (non-hydrogen) atoms. The van der Waals surface area contributed by atoms with Gasteiger partial charge in [0.15, 0.2) is 5.15 Å². The van der Waals surface area contributed by atoms with Crippen LogP contribution in [0.3, 0.4) is 0 Å². The van der Waals surface area contributed by atoms with Gasteiger partial charge in [0.2, 0.25) is 5.82 Å². The standard InChI is InChI=1S/C11H4ClF2N3O2/c12-9-8(14)10(18)17(11(19)16-9)7-2-1-6(13)3-5(7)4-15/h1-3H,(H,16,19). The van der Waals surface area contributed by atoms with Crippen LogP contribution in [0.1, 0.15) is 5.56 Å². The minimum Gasteiger partial charge on any atom is -0.295 e. The fourth-order valence-corrected chi connectivity index (χ4v) is 1.66. The van der Waals surface area contributed by atoms with Gasteiger partial charge in [0.1, 0.15) is 11.9 Å². The summed E-state index contributed by atoms with van der Waals surface area (Å²) in [6.07, 6.45) is 0. The highest BCUT2D eigenvalue weighted by atomic mass is 35.5. The number of aromatic nitrogens is 2. The topological polar surface area (TPSA) is 78.7 Å². The maximum absolute atomic E-state index is 13.4. The average Bonchev–Trinajstić information content (AvgIpc) is 2.37. The largest absolute Gasteiger partial charge is 0.334 e. The van der Waals surface area contributed by atoms with Crippen molar-refractivity contribution in [3.05, 3.63) is 61.4 Å². The number of benzene rings is 1. The zero-order valence-corrected chi connectivity index (χ0v) is 9.83. The van der Waals surface area contributed by atoms with Crippen molar-refractivity contribution in [1.29, 1.82) is 5.26 Å². The highest BCUT2D eigenvalue weighted by Crippen LogP contribution is 2.13. The number of hydrogen-bond acceptors (Lipinski definition) is 3. The second-order valence-electron chi connectivity index (χ2n) is 3.47. The summed E-state index contributed by atoms with van der Waals surface area (Å²) in [6, 6.07) is 4.41. The maximum atomic E-state index is 13.4. The summed E-state index contributed by atoms with van der Waals surface area (Å²) in [5.74, 6) is -2.09. The monoisotopic (exact) mass is 283 g/mol. The SMILES string of the molecule is N#Cc1cc(F)ccc1-n1c(=O)[nH]c(Cl)c(F)c1=O. The van der Waals surface area contributed by atoms with Crippen molar-refractivity contribution < 1.29 is 8.78 Å². The second kappa shape index (κ2) is 4.66. The summed E-state index contributed by atoms with van der Waals surface area (Å²) >= 11 is 5.31. The molecule has 1 N–H and O–H groups in total. The molecule has 0 spiro atoms. The van der Waals surface area contributed by atoms with Crippen LogP contribution >= 0.6 is 11.6 Å². The van der Waals surface area contributed by atoms with Gasteiger partial charge in [-0.25, -0.2) is 13.8 Å². The Kier molecular flexibility index (Phi) is 3.19. The first-order valence-corrected chi connectivity index (χ1v) is 5.24. The number of hydrogen-bond donors (Lipinski definition) is 1. The molecule has 0 radical (unpaired) electrons. The third-order valence-corrected chi connectivity index (χ3v) is 2.58.